The zero-order chi connectivity index (χ0) is 10.7. The highest BCUT2D eigenvalue weighted by molar-refractivity contribution is 5.74. The van der Waals surface area contributed by atoms with Gasteiger partial charge in [-0.05, 0) is 37.5 Å². The standard InChI is InChI=1S/C12H22N2O/c1-2-3-6-13-12(15)14-11-8-9-4-5-10(11)7-9/h9-11H,2-8H2,1H3,(H2,13,14,15). The van der Waals surface area contributed by atoms with Gasteiger partial charge in [0.25, 0.3) is 0 Å². The molecule has 2 rings (SSSR count). The number of carbonyl (C=O) groups excluding carboxylic acids is 1. The van der Waals surface area contributed by atoms with Crippen molar-refractivity contribution in [3.63, 3.8) is 0 Å². The molecular weight excluding hydrogens is 188 g/mol. The van der Waals surface area contributed by atoms with Crippen molar-refractivity contribution in [2.24, 2.45) is 11.8 Å². The second-order valence-corrected chi connectivity index (χ2v) is 5.04. The van der Waals surface area contributed by atoms with Crippen LogP contribution in [0.3, 0.4) is 0 Å². The monoisotopic (exact) mass is 210 g/mol. The zero-order valence-electron chi connectivity index (χ0n) is 9.59. The largest absolute Gasteiger partial charge is 0.338 e. The predicted octanol–water partition coefficient (Wildman–Crippen LogP) is 2.27. The fourth-order valence-electron chi connectivity index (χ4n) is 3.02. The highest BCUT2D eigenvalue weighted by atomic mass is 16.2. The third-order valence-electron chi connectivity index (χ3n) is 3.87. The van der Waals surface area contributed by atoms with Crippen LogP contribution in [0.25, 0.3) is 0 Å². The van der Waals surface area contributed by atoms with Crippen LogP contribution in [0.1, 0.15) is 45.4 Å². The molecule has 2 aliphatic carbocycles. The number of rotatable bonds is 4. The van der Waals surface area contributed by atoms with Crippen molar-refractivity contribution < 1.29 is 4.79 Å². The number of unbranched alkanes of at least 4 members (excludes halogenated alkanes) is 1. The van der Waals surface area contributed by atoms with Crippen molar-refractivity contribution in [1.82, 2.24) is 10.6 Å². The van der Waals surface area contributed by atoms with Crippen molar-refractivity contribution in [3.05, 3.63) is 0 Å². The number of hydrogen-bond donors (Lipinski definition) is 2. The third kappa shape index (κ3) is 2.64. The molecule has 0 aromatic carbocycles. The Morgan fingerprint density at radius 3 is 2.80 bits per heavy atom. The summed E-state index contributed by atoms with van der Waals surface area (Å²) in [6.45, 7) is 2.94. The fraction of sp³-hybridized carbons (Fsp3) is 0.917. The summed E-state index contributed by atoms with van der Waals surface area (Å²) in [6.07, 6.45) is 7.48. The maximum absolute atomic E-state index is 11.5. The molecule has 0 radical (unpaired) electrons. The van der Waals surface area contributed by atoms with Crippen LogP contribution in [0.2, 0.25) is 0 Å². The van der Waals surface area contributed by atoms with Gasteiger partial charge in [0, 0.05) is 12.6 Å². The number of hydrogen-bond acceptors (Lipinski definition) is 1. The number of carbonyl (C=O) groups is 1. The highest BCUT2D eigenvalue weighted by Crippen LogP contribution is 2.44. The summed E-state index contributed by atoms with van der Waals surface area (Å²) in [5, 5.41) is 6.04. The molecule has 3 nitrogen and oxygen atoms in total. The van der Waals surface area contributed by atoms with Gasteiger partial charge in [-0.25, -0.2) is 4.79 Å². The summed E-state index contributed by atoms with van der Waals surface area (Å²) in [6, 6.07) is 0.506. The Balaban J connectivity index is 1.66. The number of nitrogens with one attached hydrogen (secondary N) is 2. The molecule has 2 fully saturated rings. The number of amides is 2. The average molecular weight is 210 g/mol. The van der Waals surface area contributed by atoms with Crippen molar-refractivity contribution >= 4 is 6.03 Å². The number of fused-ring (bicyclic) bond motifs is 2. The molecule has 0 saturated heterocycles. The second-order valence-electron chi connectivity index (χ2n) is 5.04. The van der Waals surface area contributed by atoms with E-state index in [0.717, 1.165) is 31.2 Å². The Bertz CT molecular complexity index is 230. The Kier molecular flexibility index (Phi) is 3.49. The maximum atomic E-state index is 11.5. The minimum atomic E-state index is 0.0426. The molecule has 15 heavy (non-hydrogen) atoms. The molecule has 86 valence electrons. The Hall–Kier alpha value is -0.730. The summed E-state index contributed by atoms with van der Waals surface area (Å²) in [5.74, 6) is 1.67. The molecule has 0 heterocycles. The quantitative estimate of drug-likeness (QED) is 0.687. The second kappa shape index (κ2) is 4.86. The van der Waals surface area contributed by atoms with Crippen LogP contribution in [-0.2, 0) is 0 Å². The van der Waals surface area contributed by atoms with Crippen LogP contribution < -0.4 is 10.6 Å². The predicted molar refractivity (Wildman–Crippen MR) is 60.7 cm³/mol. The minimum absolute atomic E-state index is 0.0426. The number of urea groups is 1. The third-order valence-corrected chi connectivity index (χ3v) is 3.87. The molecule has 3 unspecified atom stereocenters. The lowest BCUT2D eigenvalue weighted by Crippen LogP contribution is -2.44. The van der Waals surface area contributed by atoms with Gasteiger partial charge in [0.05, 0.1) is 0 Å². The van der Waals surface area contributed by atoms with E-state index in [1.807, 2.05) is 0 Å². The van der Waals surface area contributed by atoms with E-state index in [1.54, 1.807) is 0 Å². The summed E-state index contributed by atoms with van der Waals surface area (Å²) in [5.41, 5.74) is 0. The molecule has 0 aromatic rings. The van der Waals surface area contributed by atoms with Gasteiger partial charge in [-0.3, -0.25) is 0 Å². The summed E-state index contributed by atoms with van der Waals surface area (Å²) in [4.78, 5) is 11.5. The molecule has 3 heteroatoms. The first-order valence-electron chi connectivity index (χ1n) is 6.34. The van der Waals surface area contributed by atoms with Crippen molar-refractivity contribution in [3.8, 4) is 0 Å². The summed E-state index contributed by atoms with van der Waals surface area (Å²) in [7, 11) is 0. The van der Waals surface area contributed by atoms with E-state index >= 15 is 0 Å². The summed E-state index contributed by atoms with van der Waals surface area (Å²) >= 11 is 0. The first-order chi connectivity index (χ1) is 7.29. The maximum Gasteiger partial charge on any atom is 0.315 e. The van der Waals surface area contributed by atoms with Gasteiger partial charge in [-0.1, -0.05) is 19.8 Å². The van der Waals surface area contributed by atoms with Gasteiger partial charge >= 0.3 is 6.03 Å². The molecule has 2 N–H and O–H groups in total. The molecule has 2 saturated carbocycles. The van der Waals surface area contributed by atoms with E-state index in [-0.39, 0.29) is 6.03 Å². The molecular formula is C12H22N2O. The Morgan fingerprint density at radius 2 is 2.20 bits per heavy atom. The van der Waals surface area contributed by atoms with Crippen molar-refractivity contribution in [2.75, 3.05) is 6.54 Å². The zero-order valence-corrected chi connectivity index (χ0v) is 9.59. The molecule has 2 aliphatic rings. The van der Waals surface area contributed by atoms with Gasteiger partial charge < -0.3 is 10.6 Å². The van der Waals surface area contributed by atoms with Crippen LogP contribution in [0.5, 0.6) is 0 Å². The van der Waals surface area contributed by atoms with Crippen molar-refractivity contribution in [2.45, 2.75) is 51.5 Å². The summed E-state index contributed by atoms with van der Waals surface area (Å²) < 4.78 is 0. The Labute approximate surface area is 92.0 Å². The minimum Gasteiger partial charge on any atom is -0.338 e. The fourth-order valence-corrected chi connectivity index (χ4v) is 3.02. The Morgan fingerprint density at radius 1 is 1.33 bits per heavy atom. The highest BCUT2D eigenvalue weighted by Gasteiger charge is 2.39. The van der Waals surface area contributed by atoms with Crippen LogP contribution in [0.15, 0.2) is 0 Å². The van der Waals surface area contributed by atoms with E-state index in [1.165, 1.54) is 25.7 Å². The lowest BCUT2D eigenvalue weighted by Gasteiger charge is -2.22. The molecule has 3 atom stereocenters. The van der Waals surface area contributed by atoms with Crippen LogP contribution >= 0.6 is 0 Å². The van der Waals surface area contributed by atoms with E-state index in [4.69, 9.17) is 0 Å². The lowest BCUT2D eigenvalue weighted by molar-refractivity contribution is 0.230. The van der Waals surface area contributed by atoms with E-state index < -0.39 is 0 Å². The smallest absolute Gasteiger partial charge is 0.315 e. The van der Waals surface area contributed by atoms with Gasteiger partial charge in [0.15, 0.2) is 0 Å². The molecule has 2 bridgehead atoms. The van der Waals surface area contributed by atoms with E-state index in [9.17, 15) is 4.79 Å². The van der Waals surface area contributed by atoms with E-state index in [2.05, 4.69) is 17.6 Å². The van der Waals surface area contributed by atoms with Crippen LogP contribution in [-0.4, -0.2) is 18.6 Å². The van der Waals surface area contributed by atoms with Crippen LogP contribution in [0, 0.1) is 11.8 Å². The van der Waals surface area contributed by atoms with Gasteiger partial charge in [-0.15, -0.1) is 0 Å². The van der Waals surface area contributed by atoms with Gasteiger partial charge in [0.1, 0.15) is 0 Å². The van der Waals surface area contributed by atoms with Gasteiger partial charge in [0.2, 0.25) is 0 Å². The average Bonchev–Trinajstić information content (AvgIpc) is 2.79. The first-order valence-corrected chi connectivity index (χ1v) is 6.34. The molecule has 2 amide bonds. The first kappa shape index (κ1) is 10.8. The molecule has 0 spiro atoms. The van der Waals surface area contributed by atoms with Gasteiger partial charge in [-0.2, -0.15) is 0 Å². The van der Waals surface area contributed by atoms with E-state index in [0.29, 0.717) is 6.04 Å². The molecule has 0 aliphatic heterocycles. The SMILES string of the molecule is CCCCNC(=O)NC1CC2CCC1C2. The molecule has 0 aromatic heterocycles. The normalized spacial score (nSPS) is 33.0. The van der Waals surface area contributed by atoms with Crippen molar-refractivity contribution in [1.29, 1.82) is 0 Å². The topological polar surface area (TPSA) is 41.1 Å². The van der Waals surface area contributed by atoms with Crippen LogP contribution in [0.4, 0.5) is 4.79 Å². The lowest BCUT2D eigenvalue weighted by atomic mass is 9.95.